The van der Waals surface area contributed by atoms with E-state index in [4.69, 9.17) is 16.2 Å². The van der Waals surface area contributed by atoms with Crippen LogP contribution in [0.2, 0.25) is 0 Å². The lowest BCUT2D eigenvalue weighted by atomic mass is 10.1. The number of aryl methyl sites for hydroxylation is 1. The van der Waals surface area contributed by atoms with E-state index in [-0.39, 0.29) is 10.3 Å². The molecule has 0 saturated carbocycles. The quantitative estimate of drug-likeness (QED) is 0.648. The maximum Gasteiger partial charge on any atom is 0.263 e. The molecule has 0 aliphatic heterocycles. The van der Waals surface area contributed by atoms with Crippen LogP contribution in [0.15, 0.2) is 29.1 Å². The van der Waals surface area contributed by atoms with Gasteiger partial charge < -0.3 is 16.2 Å². The van der Waals surface area contributed by atoms with Crippen molar-refractivity contribution in [2.24, 2.45) is 11.5 Å². The molecule has 0 radical (unpaired) electrons. The zero-order valence-corrected chi connectivity index (χ0v) is 16.5. The Labute approximate surface area is 164 Å². The van der Waals surface area contributed by atoms with E-state index in [2.05, 4.69) is 4.98 Å². The topological polar surface area (TPSA) is 130 Å². The summed E-state index contributed by atoms with van der Waals surface area (Å²) in [5, 5.41) is 0.283. The fraction of sp³-hybridized carbons (Fsp3) is 0.263. The van der Waals surface area contributed by atoms with Gasteiger partial charge in [-0.05, 0) is 37.1 Å². The molecule has 146 valence electrons. The van der Waals surface area contributed by atoms with Crippen molar-refractivity contribution in [2.45, 2.75) is 26.3 Å². The lowest BCUT2D eigenvalue weighted by Crippen LogP contribution is -2.35. The maximum absolute atomic E-state index is 13.2. The molecule has 2 amide bonds. The second-order valence-corrected chi connectivity index (χ2v) is 7.41. The molecular weight excluding hydrogens is 380 g/mol. The second-order valence-electron chi connectivity index (χ2n) is 6.41. The normalized spacial score (nSPS) is 12.1. The first-order chi connectivity index (χ1) is 13.2. The average Bonchev–Trinajstić information content (AvgIpc) is 2.99. The number of fused-ring (bicyclic) bond motifs is 1. The highest BCUT2D eigenvalue weighted by Crippen LogP contribution is 2.28. The van der Waals surface area contributed by atoms with Crippen LogP contribution in [0, 0.1) is 6.92 Å². The van der Waals surface area contributed by atoms with Crippen LogP contribution in [0.1, 0.15) is 39.6 Å². The number of aromatic nitrogens is 2. The summed E-state index contributed by atoms with van der Waals surface area (Å²) in [4.78, 5) is 42.0. The van der Waals surface area contributed by atoms with Crippen molar-refractivity contribution in [3.8, 4) is 5.75 Å². The molecule has 0 spiro atoms. The highest BCUT2D eigenvalue weighted by molar-refractivity contribution is 7.20. The number of nitrogens with two attached hydrogens (primary N) is 2. The number of amides is 2. The molecule has 0 aliphatic rings. The number of benzene rings is 1. The van der Waals surface area contributed by atoms with Crippen molar-refractivity contribution < 1.29 is 14.3 Å². The lowest BCUT2D eigenvalue weighted by molar-refractivity contribution is -0.120. The summed E-state index contributed by atoms with van der Waals surface area (Å²) in [6, 6.07) is 6.41. The van der Waals surface area contributed by atoms with Crippen molar-refractivity contribution in [1.82, 2.24) is 9.55 Å². The van der Waals surface area contributed by atoms with Gasteiger partial charge in [0.25, 0.3) is 11.5 Å². The predicted molar refractivity (Wildman–Crippen MR) is 107 cm³/mol. The molecule has 9 heteroatoms. The van der Waals surface area contributed by atoms with Crippen LogP contribution >= 0.6 is 11.3 Å². The fourth-order valence-electron chi connectivity index (χ4n) is 3.05. The molecule has 1 unspecified atom stereocenters. The predicted octanol–water partition coefficient (Wildman–Crippen LogP) is 1.51. The molecule has 0 aliphatic carbocycles. The van der Waals surface area contributed by atoms with E-state index in [0.29, 0.717) is 28.4 Å². The largest absolute Gasteiger partial charge is 0.497 e. The van der Waals surface area contributed by atoms with Crippen LogP contribution in [-0.2, 0) is 11.2 Å². The molecule has 3 rings (SSSR count). The Morgan fingerprint density at radius 1 is 1.25 bits per heavy atom. The first-order valence-corrected chi connectivity index (χ1v) is 9.32. The van der Waals surface area contributed by atoms with Crippen LogP contribution < -0.4 is 21.8 Å². The van der Waals surface area contributed by atoms with Crippen LogP contribution in [0.3, 0.4) is 0 Å². The van der Waals surface area contributed by atoms with Crippen molar-refractivity contribution in [1.29, 1.82) is 0 Å². The third-order valence-electron chi connectivity index (χ3n) is 4.61. The van der Waals surface area contributed by atoms with Crippen molar-refractivity contribution >= 4 is 33.4 Å². The van der Waals surface area contributed by atoms with Crippen molar-refractivity contribution in [3.63, 3.8) is 0 Å². The minimum atomic E-state index is -0.894. The smallest absolute Gasteiger partial charge is 0.263 e. The van der Waals surface area contributed by atoms with Crippen molar-refractivity contribution in [3.05, 3.63) is 56.4 Å². The third-order valence-corrected chi connectivity index (χ3v) is 5.81. The van der Waals surface area contributed by atoms with Crippen LogP contribution in [0.25, 0.3) is 10.2 Å². The van der Waals surface area contributed by atoms with Crippen LogP contribution in [0.5, 0.6) is 5.75 Å². The SMILES string of the molecule is COc1ccc(Cc2nc3sc(C(N)=O)c(C)c3c(=O)n2C(C)C(N)=O)cc1. The number of rotatable bonds is 6. The molecule has 28 heavy (non-hydrogen) atoms. The molecule has 1 aromatic carbocycles. The number of carbonyl (C=O) groups is 2. The molecular formula is C19H20N4O4S. The second kappa shape index (κ2) is 7.43. The molecule has 8 nitrogen and oxygen atoms in total. The summed E-state index contributed by atoms with van der Waals surface area (Å²) >= 11 is 1.07. The molecule has 1 atom stereocenters. The monoisotopic (exact) mass is 400 g/mol. The number of hydrogen-bond acceptors (Lipinski definition) is 6. The Bertz CT molecular complexity index is 1130. The molecule has 0 bridgehead atoms. The number of ether oxygens (including phenoxy) is 1. The van der Waals surface area contributed by atoms with E-state index in [0.717, 1.165) is 16.9 Å². The first-order valence-electron chi connectivity index (χ1n) is 8.51. The van der Waals surface area contributed by atoms with E-state index >= 15 is 0 Å². The van der Waals surface area contributed by atoms with Gasteiger partial charge in [-0.15, -0.1) is 11.3 Å². The standard InChI is InChI=1S/C19H20N4O4S/c1-9-14-18(28-15(9)17(21)25)22-13(23(19(14)26)10(2)16(20)24)8-11-4-6-12(27-3)7-5-11/h4-7,10H,8H2,1-3H3,(H2,20,24)(H2,21,25). The van der Waals surface area contributed by atoms with Gasteiger partial charge in [0, 0.05) is 6.42 Å². The third kappa shape index (κ3) is 3.36. The van der Waals surface area contributed by atoms with Gasteiger partial charge in [0.05, 0.1) is 17.4 Å². The lowest BCUT2D eigenvalue weighted by Gasteiger charge is -2.17. The Hall–Kier alpha value is -3.20. The first kappa shape index (κ1) is 19.6. The zero-order chi connectivity index (χ0) is 20.6. The summed E-state index contributed by atoms with van der Waals surface area (Å²) in [6.07, 6.45) is 0.301. The maximum atomic E-state index is 13.2. The van der Waals surface area contributed by atoms with Gasteiger partial charge in [-0.3, -0.25) is 19.0 Å². The van der Waals surface area contributed by atoms with Gasteiger partial charge in [0.2, 0.25) is 5.91 Å². The molecule has 2 heterocycles. The molecule has 0 saturated heterocycles. The van der Waals surface area contributed by atoms with Gasteiger partial charge in [0.15, 0.2) is 0 Å². The average molecular weight is 400 g/mol. The van der Waals surface area contributed by atoms with E-state index in [1.165, 1.54) is 4.57 Å². The van der Waals surface area contributed by atoms with Crippen LogP contribution in [-0.4, -0.2) is 28.5 Å². The minimum Gasteiger partial charge on any atom is -0.497 e. The van der Waals surface area contributed by atoms with Gasteiger partial charge >= 0.3 is 0 Å². The summed E-state index contributed by atoms with van der Waals surface area (Å²) in [5.74, 6) is -0.186. The Morgan fingerprint density at radius 3 is 2.43 bits per heavy atom. The summed E-state index contributed by atoms with van der Waals surface area (Å²) < 4.78 is 6.44. The molecule has 4 N–H and O–H groups in total. The molecule has 2 aromatic heterocycles. The summed E-state index contributed by atoms with van der Waals surface area (Å²) in [7, 11) is 1.58. The number of methoxy groups -OCH3 is 1. The van der Waals surface area contributed by atoms with Crippen LogP contribution in [0.4, 0.5) is 0 Å². The fourth-order valence-corrected chi connectivity index (χ4v) is 4.09. The molecule has 0 fully saturated rings. The number of hydrogen-bond donors (Lipinski definition) is 2. The van der Waals surface area contributed by atoms with Gasteiger partial charge in [-0.2, -0.15) is 0 Å². The zero-order valence-electron chi connectivity index (χ0n) is 15.7. The van der Waals surface area contributed by atoms with E-state index in [1.54, 1.807) is 33.1 Å². The molecule has 3 aromatic rings. The van der Waals surface area contributed by atoms with E-state index in [9.17, 15) is 14.4 Å². The van der Waals surface area contributed by atoms with Gasteiger partial charge in [-0.25, -0.2) is 4.98 Å². The minimum absolute atomic E-state index is 0.277. The van der Waals surface area contributed by atoms with Crippen molar-refractivity contribution in [2.75, 3.05) is 7.11 Å². The van der Waals surface area contributed by atoms with Gasteiger partial charge in [0.1, 0.15) is 22.4 Å². The number of nitrogens with zero attached hydrogens (tertiary/aromatic N) is 2. The highest BCUT2D eigenvalue weighted by atomic mass is 32.1. The van der Waals surface area contributed by atoms with E-state index < -0.39 is 23.4 Å². The summed E-state index contributed by atoms with van der Waals surface area (Å²) in [6.45, 7) is 3.19. The number of thiophene rings is 1. The number of carbonyl (C=O) groups excluding carboxylic acids is 2. The Balaban J connectivity index is 2.23. The van der Waals surface area contributed by atoms with E-state index in [1.807, 2.05) is 12.1 Å². The Kier molecular flexibility index (Phi) is 5.19. The highest BCUT2D eigenvalue weighted by Gasteiger charge is 2.24. The van der Waals surface area contributed by atoms with Gasteiger partial charge in [-0.1, -0.05) is 12.1 Å². The Morgan fingerprint density at radius 2 is 1.89 bits per heavy atom. The number of primary amides is 2. The summed E-state index contributed by atoms with van der Waals surface area (Å²) in [5.41, 5.74) is 11.8.